The Labute approximate surface area is 209 Å². The summed E-state index contributed by atoms with van der Waals surface area (Å²) in [7, 11) is 1.60. The zero-order chi connectivity index (χ0) is 25.1. The van der Waals surface area contributed by atoms with Crippen molar-refractivity contribution in [3.63, 3.8) is 0 Å². The number of ketones is 1. The zero-order valence-electron chi connectivity index (χ0n) is 19.9. The first-order valence-electron chi connectivity index (χ1n) is 11.9. The summed E-state index contributed by atoms with van der Waals surface area (Å²) in [5.41, 5.74) is 1.92. The lowest BCUT2D eigenvalue weighted by molar-refractivity contribution is 0.104. The van der Waals surface area contributed by atoms with Crippen LogP contribution < -0.4 is 10.9 Å². The third-order valence-corrected chi connectivity index (χ3v) is 6.48. The molecule has 2 N–H and O–H groups in total. The number of rotatable bonds is 7. The van der Waals surface area contributed by atoms with E-state index in [9.17, 15) is 14.7 Å². The number of anilines is 1. The van der Waals surface area contributed by atoms with Gasteiger partial charge in [-0.05, 0) is 41.6 Å². The summed E-state index contributed by atoms with van der Waals surface area (Å²) in [6.07, 6.45) is 3.64. The first-order chi connectivity index (χ1) is 17.5. The van der Waals surface area contributed by atoms with E-state index in [0.717, 1.165) is 22.0 Å². The molecular formula is C31H26N2O3. The van der Waals surface area contributed by atoms with E-state index in [1.165, 1.54) is 10.6 Å². The molecule has 0 spiro atoms. The van der Waals surface area contributed by atoms with Crippen LogP contribution in [0.5, 0.6) is 5.75 Å². The summed E-state index contributed by atoms with van der Waals surface area (Å²) in [6, 6.07) is 31.2. The number of nitrogens with one attached hydrogen (secondary N) is 1. The number of pyridine rings is 1. The van der Waals surface area contributed by atoms with Crippen molar-refractivity contribution in [3.8, 4) is 5.75 Å². The number of hydrogen-bond acceptors (Lipinski definition) is 4. The van der Waals surface area contributed by atoms with Crippen LogP contribution in [0.25, 0.3) is 21.7 Å². The largest absolute Gasteiger partial charge is 0.506 e. The fourth-order valence-electron chi connectivity index (χ4n) is 4.60. The van der Waals surface area contributed by atoms with Crippen molar-refractivity contribution >= 4 is 33.1 Å². The minimum Gasteiger partial charge on any atom is -0.506 e. The van der Waals surface area contributed by atoms with E-state index in [2.05, 4.69) is 23.5 Å². The van der Waals surface area contributed by atoms with Crippen LogP contribution in [-0.4, -0.2) is 15.5 Å². The predicted molar refractivity (Wildman–Crippen MR) is 146 cm³/mol. The Morgan fingerprint density at radius 3 is 2.36 bits per heavy atom. The van der Waals surface area contributed by atoms with Crippen molar-refractivity contribution in [1.82, 2.24) is 4.57 Å². The lowest BCUT2D eigenvalue weighted by Crippen LogP contribution is -2.24. The topological polar surface area (TPSA) is 71.3 Å². The van der Waals surface area contributed by atoms with Crippen LogP contribution in [0.2, 0.25) is 0 Å². The molecule has 0 saturated heterocycles. The van der Waals surface area contributed by atoms with E-state index in [-0.39, 0.29) is 17.4 Å². The number of aromatic hydroxyl groups is 1. The summed E-state index contributed by atoms with van der Waals surface area (Å²) in [6.45, 7) is 0. The summed E-state index contributed by atoms with van der Waals surface area (Å²) in [5.74, 6) is -0.798. The Kier molecular flexibility index (Phi) is 6.37. The van der Waals surface area contributed by atoms with Crippen LogP contribution in [0.15, 0.2) is 114 Å². The first kappa shape index (κ1) is 23.1. The molecule has 178 valence electrons. The zero-order valence-corrected chi connectivity index (χ0v) is 19.9. The molecule has 5 nitrogen and oxygen atoms in total. The van der Waals surface area contributed by atoms with Gasteiger partial charge < -0.3 is 15.0 Å². The van der Waals surface area contributed by atoms with E-state index in [4.69, 9.17) is 0 Å². The summed E-state index contributed by atoms with van der Waals surface area (Å²) in [5, 5.41) is 17.1. The highest BCUT2D eigenvalue weighted by atomic mass is 16.3. The molecule has 0 saturated carbocycles. The van der Waals surface area contributed by atoms with Crippen LogP contribution in [0.3, 0.4) is 0 Å². The average Bonchev–Trinajstić information content (AvgIpc) is 2.92. The molecule has 0 unspecified atom stereocenters. The Bertz CT molecular complexity index is 1650. The van der Waals surface area contributed by atoms with Crippen molar-refractivity contribution in [2.75, 3.05) is 5.32 Å². The van der Waals surface area contributed by atoms with Crippen LogP contribution in [0.1, 0.15) is 28.4 Å². The molecule has 36 heavy (non-hydrogen) atoms. The number of benzene rings is 4. The van der Waals surface area contributed by atoms with Crippen LogP contribution in [0, 0.1) is 0 Å². The highest BCUT2D eigenvalue weighted by Gasteiger charge is 2.19. The third kappa shape index (κ3) is 4.39. The quantitative estimate of drug-likeness (QED) is 0.212. The van der Waals surface area contributed by atoms with Gasteiger partial charge in [-0.2, -0.15) is 0 Å². The number of allylic oxidation sites excluding steroid dienone is 1. The Hall–Kier alpha value is -4.64. The van der Waals surface area contributed by atoms with Crippen LogP contribution >= 0.6 is 0 Å². The standard InChI is InChI=1S/C31H26N2O3/c1-33-27-19-8-7-16-24(27)30(35)29(31(33)36)28(34)20-10-17-25(22-12-3-2-4-13-22)32-26-18-9-14-21-11-5-6-15-23(21)26/h2-16,18-20,25,32,35H,17H2,1H3/b20-10+/t25-/m1/s1. The number of aromatic nitrogens is 1. The number of hydrogen-bond donors (Lipinski definition) is 2. The SMILES string of the molecule is Cn1c(=O)c(C(=O)/C=C/C[C@@H](Nc2cccc3ccccc23)c2ccccc2)c(O)c2ccccc21. The number of fused-ring (bicyclic) bond motifs is 2. The molecule has 0 aliphatic rings. The second-order valence-electron chi connectivity index (χ2n) is 8.74. The molecule has 0 bridgehead atoms. The molecule has 0 aliphatic heterocycles. The van der Waals surface area contributed by atoms with E-state index in [1.54, 1.807) is 37.4 Å². The maximum absolute atomic E-state index is 13.1. The minimum absolute atomic E-state index is 0.103. The Morgan fingerprint density at radius 1 is 0.889 bits per heavy atom. The normalized spacial score (nSPS) is 12.2. The molecule has 5 heteroatoms. The lowest BCUT2D eigenvalue weighted by atomic mass is 10.0. The van der Waals surface area contributed by atoms with Gasteiger partial charge in [-0.15, -0.1) is 0 Å². The Morgan fingerprint density at radius 2 is 1.56 bits per heavy atom. The van der Waals surface area contributed by atoms with Crippen LogP contribution in [0.4, 0.5) is 5.69 Å². The molecule has 0 amide bonds. The number of nitrogens with zero attached hydrogens (tertiary/aromatic N) is 1. The van der Waals surface area contributed by atoms with Crippen molar-refractivity contribution < 1.29 is 9.90 Å². The van der Waals surface area contributed by atoms with Gasteiger partial charge in [0.05, 0.1) is 11.6 Å². The van der Waals surface area contributed by atoms with Crippen molar-refractivity contribution in [1.29, 1.82) is 0 Å². The van der Waals surface area contributed by atoms with Gasteiger partial charge in [-0.3, -0.25) is 9.59 Å². The highest BCUT2D eigenvalue weighted by molar-refractivity contribution is 6.09. The first-order valence-corrected chi connectivity index (χ1v) is 11.9. The number of para-hydroxylation sites is 1. The molecule has 4 aromatic carbocycles. The number of aryl methyl sites for hydroxylation is 1. The number of carbonyl (C=O) groups excluding carboxylic acids is 1. The molecular weight excluding hydrogens is 448 g/mol. The van der Waals surface area contributed by atoms with Gasteiger partial charge in [-0.1, -0.05) is 84.9 Å². The van der Waals surface area contributed by atoms with Gasteiger partial charge >= 0.3 is 0 Å². The molecule has 1 atom stereocenters. The smallest absolute Gasteiger partial charge is 0.265 e. The van der Waals surface area contributed by atoms with Gasteiger partial charge in [0, 0.05) is 23.5 Å². The molecule has 5 rings (SSSR count). The third-order valence-electron chi connectivity index (χ3n) is 6.48. The molecule has 0 radical (unpaired) electrons. The number of carbonyl (C=O) groups is 1. The Balaban J connectivity index is 1.45. The van der Waals surface area contributed by atoms with Crippen molar-refractivity contribution in [2.24, 2.45) is 7.05 Å². The van der Waals surface area contributed by atoms with Gasteiger partial charge in [-0.25, -0.2) is 0 Å². The summed E-state index contributed by atoms with van der Waals surface area (Å²) in [4.78, 5) is 25.9. The van der Waals surface area contributed by atoms with E-state index < -0.39 is 11.3 Å². The van der Waals surface area contributed by atoms with Gasteiger partial charge in [0.25, 0.3) is 5.56 Å². The summed E-state index contributed by atoms with van der Waals surface area (Å²) >= 11 is 0. The highest BCUT2D eigenvalue weighted by Crippen LogP contribution is 2.30. The van der Waals surface area contributed by atoms with Gasteiger partial charge in [0.15, 0.2) is 5.78 Å². The fraction of sp³-hybridized carbons (Fsp3) is 0.0968. The second kappa shape index (κ2) is 9.92. The van der Waals surface area contributed by atoms with Crippen LogP contribution in [-0.2, 0) is 7.05 Å². The maximum atomic E-state index is 13.1. The summed E-state index contributed by atoms with van der Waals surface area (Å²) < 4.78 is 1.39. The van der Waals surface area contributed by atoms with Crippen molar-refractivity contribution in [3.05, 3.63) is 131 Å². The fourth-order valence-corrected chi connectivity index (χ4v) is 4.60. The van der Waals surface area contributed by atoms with Crippen molar-refractivity contribution in [2.45, 2.75) is 12.5 Å². The van der Waals surface area contributed by atoms with E-state index in [0.29, 0.717) is 17.3 Å². The molecule has 1 heterocycles. The maximum Gasteiger partial charge on any atom is 0.265 e. The molecule has 1 aromatic heterocycles. The second-order valence-corrected chi connectivity index (χ2v) is 8.74. The lowest BCUT2D eigenvalue weighted by Gasteiger charge is -2.20. The van der Waals surface area contributed by atoms with Gasteiger partial charge in [0.1, 0.15) is 11.3 Å². The molecule has 0 fully saturated rings. The van der Waals surface area contributed by atoms with E-state index >= 15 is 0 Å². The monoisotopic (exact) mass is 474 g/mol. The molecule has 0 aliphatic carbocycles. The van der Waals surface area contributed by atoms with E-state index in [1.807, 2.05) is 54.6 Å². The molecule has 5 aromatic rings. The minimum atomic E-state index is -0.519. The predicted octanol–water partition coefficient (Wildman–Crippen LogP) is 6.38. The average molecular weight is 475 g/mol. The van der Waals surface area contributed by atoms with Gasteiger partial charge in [0.2, 0.25) is 0 Å².